The average molecular weight is 269 g/mol. The van der Waals surface area contributed by atoms with E-state index in [1.807, 2.05) is 14.0 Å². The second-order valence-corrected chi connectivity index (χ2v) is 4.36. The van der Waals surface area contributed by atoms with Gasteiger partial charge in [0.2, 0.25) is 0 Å². The molecule has 0 radical (unpaired) electrons. The number of hydrogen-bond donors (Lipinski definition) is 1. The lowest BCUT2D eigenvalue weighted by molar-refractivity contribution is 0.444. The van der Waals surface area contributed by atoms with Gasteiger partial charge >= 0.3 is 0 Å². The van der Waals surface area contributed by atoms with Crippen LogP contribution in [0.2, 0.25) is 0 Å². The maximum atomic E-state index is 13.0. The van der Waals surface area contributed by atoms with Crippen LogP contribution in [-0.4, -0.2) is 9.78 Å². The molecule has 3 nitrogen and oxygen atoms in total. The van der Waals surface area contributed by atoms with Gasteiger partial charge in [0.1, 0.15) is 0 Å². The molecule has 102 valence electrons. The number of hydrogen-bond acceptors (Lipinski definition) is 2. The Morgan fingerprint density at radius 3 is 2.32 bits per heavy atom. The fraction of sp³-hybridized carbons (Fsp3) is 0.308. The Labute approximate surface area is 109 Å². The zero-order chi connectivity index (χ0) is 14.0. The maximum Gasteiger partial charge on any atom is 0.194 e. The van der Waals surface area contributed by atoms with Crippen molar-refractivity contribution in [3.63, 3.8) is 0 Å². The zero-order valence-corrected chi connectivity index (χ0v) is 10.7. The van der Waals surface area contributed by atoms with Crippen LogP contribution < -0.4 is 5.32 Å². The monoisotopic (exact) mass is 269 g/mol. The van der Waals surface area contributed by atoms with Gasteiger partial charge in [-0.15, -0.1) is 0 Å². The van der Waals surface area contributed by atoms with Crippen molar-refractivity contribution in [2.75, 3.05) is 0 Å². The fourth-order valence-corrected chi connectivity index (χ4v) is 1.77. The molecule has 1 aromatic carbocycles. The molecule has 2 rings (SSSR count). The Balaban J connectivity index is 1.98. The van der Waals surface area contributed by atoms with Crippen LogP contribution in [0.5, 0.6) is 0 Å². The van der Waals surface area contributed by atoms with Crippen molar-refractivity contribution in [1.29, 1.82) is 0 Å². The Morgan fingerprint density at radius 1 is 1.16 bits per heavy atom. The van der Waals surface area contributed by atoms with Crippen LogP contribution in [0.1, 0.15) is 16.8 Å². The predicted molar refractivity (Wildman–Crippen MR) is 64.8 cm³/mol. The van der Waals surface area contributed by atoms with E-state index in [4.69, 9.17) is 0 Å². The summed E-state index contributed by atoms with van der Waals surface area (Å²) in [5.74, 6) is -3.78. The summed E-state index contributed by atoms with van der Waals surface area (Å²) in [5, 5.41) is 7.13. The van der Waals surface area contributed by atoms with Crippen LogP contribution in [0.25, 0.3) is 0 Å². The summed E-state index contributed by atoms with van der Waals surface area (Å²) in [6, 6.07) is 1.98. The van der Waals surface area contributed by atoms with Gasteiger partial charge in [-0.1, -0.05) is 0 Å². The van der Waals surface area contributed by atoms with Crippen LogP contribution in [0, 0.1) is 24.4 Å². The van der Waals surface area contributed by atoms with Gasteiger partial charge in [-0.25, -0.2) is 13.2 Å². The highest BCUT2D eigenvalue weighted by Crippen LogP contribution is 2.13. The van der Waals surface area contributed by atoms with Gasteiger partial charge in [-0.2, -0.15) is 5.10 Å². The Bertz CT molecular complexity index is 570. The number of aromatic nitrogens is 2. The van der Waals surface area contributed by atoms with Crippen molar-refractivity contribution in [2.45, 2.75) is 20.0 Å². The predicted octanol–water partition coefficient (Wildman–Crippen LogP) is 2.44. The molecule has 0 amide bonds. The van der Waals surface area contributed by atoms with Gasteiger partial charge in [0, 0.05) is 31.4 Å². The molecular formula is C13H14F3N3. The summed E-state index contributed by atoms with van der Waals surface area (Å²) in [7, 11) is 1.84. The first-order valence-corrected chi connectivity index (χ1v) is 5.80. The van der Waals surface area contributed by atoms with E-state index in [2.05, 4.69) is 10.4 Å². The molecule has 0 saturated carbocycles. The zero-order valence-electron chi connectivity index (χ0n) is 10.7. The number of aryl methyl sites for hydroxylation is 1. The summed E-state index contributed by atoms with van der Waals surface area (Å²) in [6.07, 6.45) is 1.73. The quantitative estimate of drug-likeness (QED) is 0.864. The van der Waals surface area contributed by atoms with Crippen LogP contribution in [0.15, 0.2) is 18.3 Å². The molecule has 19 heavy (non-hydrogen) atoms. The van der Waals surface area contributed by atoms with E-state index in [-0.39, 0.29) is 6.54 Å². The summed E-state index contributed by atoms with van der Waals surface area (Å²) in [6.45, 7) is 2.71. The first-order chi connectivity index (χ1) is 8.99. The third-order valence-corrected chi connectivity index (χ3v) is 3.03. The van der Waals surface area contributed by atoms with E-state index < -0.39 is 17.5 Å². The fourth-order valence-electron chi connectivity index (χ4n) is 1.77. The van der Waals surface area contributed by atoms with E-state index >= 15 is 0 Å². The molecule has 1 N–H and O–H groups in total. The smallest absolute Gasteiger partial charge is 0.194 e. The highest BCUT2D eigenvalue weighted by molar-refractivity contribution is 5.20. The molecule has 1 aromatic heterocycles. The normalized spacial score (nSPS) is 11.0. The van der Waals surface area contributed by atoms with Crippen molar-refractivity contribution in [1.82, 2.24) is 15.1 Å². The summed E-state index contributed by atoms with van der Waals surface area (Å²) in [5.41, 5.74) is 2.38. The van der Waals surface area contributed by atoms with Gasteiger partial charge in [-0.3, -0.25) is 4.68 Å². The maximum absolute atomic E-state index is 13.0. The minimum Gasteiger partial charge on any atom is -0.308 e. The van der Waals surface area contributed by atoms with Gasteiger partial charge in [-0.05, 0) is 24.6 Å². The highest BCUT2D eigenvalue weighted by atomic mass is 19.2. The first kappa shape index (κ1) is 13.6. The topological polar surface area (TPSA) is 29.9 Å². The molecule has 2 aromatic rings. The van der Waals surface area contributed by atoms with Crippen LogP contribution in [-0.2, 0) is 20.1 Å². The van der Waals surface area contributed by atoms with E-state index in [0.717, 1.165) is 23.4 Å². The largest absolute Gasteiger partial charge is 0.308 e. The van der Waals surface area contributed by atoms with Gasteiger partial charge in [0.25, 0.3) is 0 Å². The summed E-state index contributed by atoms with van der Waals surface area (Å²) in [4.78, 5) is 0. The van der Waals surface area contributed by atoms with E-state index in [9.17, 15) is 13.2 Å². The molecule has 0 bridgehead atoms. The van der Waals surface area contributed by atoms with Crippen molar-refractivity contribution >= 4 is 0 Å². The molecule has 0 spiro atoms. The minimum atomic E-state index is -1.44. The Hall–Kier alpha value is -1.82. The number of rotatable bonds is 4. The lowest BCUT2D eigenvalue weighted by Crippen LogP contribution is -2.14. The molecule has 1 heterocycles. The van der Waals surface area contributed by atoms with Crippen molar-refractivity contribution < 1.29 is 13.2 Å². The van der Waals surface area contributed by atoms with Gasteiger partial charge < -0.3 is 5.32 Å². The average Bonchev–Trinajstić information content (AvgIpc) is 2.68. The molecular weight excluding hydrogens is 255 g/mol. The van der Waals surface area contributed by atoms with Crippen molar-refractivity contribution in [2.24, 2.45) is 7.05 Å². The first-order valence-electron chi connectivity index (χ1n) is 5.80. The molecule has 0 aliphatic carbocycles. The molecule has 6 heteroatoms. The Morgan fingerprint density at radius 2 is 1.79 bits per heavy atom. The number of benzene rings is 1. The molecule has 0 fully saturated rings. The van der Waals surface area contributed by atoms with E-state index in [1.165, 1.54) is 0 Å². The lowest BCUT2D eigenvalue weighted by atomic mass is 10.2. The van der Waals surface area contributed by atoms with Crippen LogP contribution in [0.3, 0.4) is 0 Å². The minimum absolute atomic E-state index is 0.252. The summed E-state index contributed by atoms with van der Waals surface area (Å²) >= 11 is 0. The lowest BCUT2D eigenvalue weighted by Gasteiger charge is -2.06. The SMILES string of the molecule is Cc1c(CNCc2cc(F)c(F)c(F)c2)cnn1C. The second-order valence-electron chi connectivity index (χ2n) is 4.36. The highest BCUT2D eigenvalue weighted by Gasteiger charge is 2.10. The Kier molecular flexibility index (Phi) is 3.90. The third kappa shape index (κ3) is 2.96. The van der Waals surface area contributed by atoms with Crippen molar-refractivity contribution in [3.05, 3.63) is 52.6 Å². The summed E-state index contributed by atoms with van der Waals surface area (Å²) < 4.78 is 40.5. The van der Waals surface area contributed by atoms with Crippen molar-refractivity contribution in [3.8, 4) is 0 Å². The molecule has 0 aliphatic heterocycles. The standard InChI is InChI=1S/C13H14F3N3/c1-8-10(7-18-19(8)2)6-17-5-9-3-11(14)13(16)12(15)4-9/h3-4,7,17H,5-6H2,1-2H3. The van der Waals surface area contributed by atoms with E-state index in [0.29, 0.717) is 12.1 Å². The number of nitrogens with zero attached hydrogens (tertiary/aromatic N) is 2. The third-order valence-electron chi connectivity index (χ3n) is 3.03. The molecule has 0 unspecified atom stereocenters. The number of halogens is 3. The second kappa shape index (κ2) is 5.44. The van der Waals surface area contributed by atoms with E-state index in [1.54, 1.807) is 10.9 Å². The number of nitrogens with one attached hydrogen (secondary N) is 1. The van der Waals surface area contributed by atoms with Crippen LogP contribution >= 0.6 is 0 Å². The van der Waals surface area contributed by atoms with Gasteiger partial charge in [0.15, 0.2) is 17.5 Å². The molecule has 0 atom stereocenters. The van der Waals surface area contributed by atoms with Crippen LogP contribution in [0.4, 0.5) is 13.2 Å². The molecule has 0 saturated heterocycles. The van der Waals surface area contributed by atoms with Gasteiger partial charge in [0.05, 0.1) is 6.20 Å². The molecule has 0 aliphatic rings.